The molecule has 1 aromatic rings. The molecule has 0 saturated heterocycles. The van der Waals surface area contributed by atoms with E-state index in [-0.39, 0.29) is 5.60 Å². The smallest absolute Gasteiger partial charge is 0.119 e. The van der Waals surface area contributed by atoms with E-state index in [1.165, 1.54) is 5.56 Å². The topological polar surface area (TPSA) is 30.5 Å². The Labute approximate surface area is 104 Å². The Hall–Kier alpha value is -1.06. The molecule has 0 saturated carbocycles. The third-order valence-electron chi connectivity index (χ3n) is 2.67. The van der Waals surface area contributed by atoms with Crippen molar-refractivity contribution in [1.82, 2.24) is 5.32 Å². The molecule has 3 nitrogen and oxygen atoms in total. The summed E-state index contributed by atoms with van der Waals surface area (Å²) in [6.07, 6.45) is 0. The third kappa shape index (κ3) is 5.20. The van der Waals surface area contributed by atoms with Gasteiger partial charge in [-0.1, -0.05) is 12.1 Å². The fraction of sp³-hybridized carbons (Fsp3) is 0.571. The summed E-state index contributed by atoms with van der Waals surface area (Å²) in [6, 6.07) is 8.17. The van der Waals surface area contributed by atoms with Crippen LogP contribution in [0.15, 0.2) is 24.3 Å². The van der Waals surface area contributed by atoms with E-state index in [9.17, 15) is 0 Å². The Morgan fingerprint density at radius 2 is 1.82 bits per heavy atom. The molecule has 0 aliphatic carbocycles. The lowest BCUT2D eigenvalue weighted by Gasteiger charge is -2.23. The Kier molecular flexibility index (Phi) is 5.45. The summed E-state index contributed by atoms with van der Waals surface area (Å²) in [5, 5.41) is 3.38. The average molecular weight is 237 g/mol. The zero-order chi connectivity index (χ0) is 12.7. The minimum absolute atomic E-state index is 0.120. The first-order valence-electron chi connectivity index (χ1n) is 6.05. The molecule has 0 unspecified atom stereocenters. The predicted molar refractivity (Wildman–Crippen MR) is 70.4 cm³/mol. The van der Waals surface area contributed by atoms with Gasteiger partial charge in [-0.2, -0.15) is 0 Å². The summed E-state index contributed by atoms with van der Waals surface area (Å²) < 4.78 is 10.7. The second kappa shape index (κ2) is 6.62. The van der Waals surface area contributed by atoms with E-state index in [0.717, 1.165) is 18.8 Å². The summed E-state index contributed by atoms with van der Waals surface area (Å²) in [5.41, 5.74) is 1.13. The molecule has 0 aliphatic heterocycles. The number of ether oxygens (including phenoxy) is 2. The molecule has 0 bridgehead atoms. The van der Waals surface area contributed by atoms with Gasteiger partial charge in [-0.15, -0.1) is 0 Å². The first-order valence-corrected chi connectivity index (χ1v) is 6.05. The monoisotopic (exact) mass is 237 g/mol. The van der Waals surface area contributed by atoms with Crippen molar-refractivity contribution >= 4 is 0 Å². The highest BCUT2D eigenvalue weighted by Crippen LogP contribution is 2.12. The van der Waals surface area contributed by atoms with Gasteiger partial charge in [-0.25, -0.2) is 0 Å². The fourth-order valence-electron chi connectivity index (χ4n) is 1.45. The van der Waals surface area contributed by atoms with Gasteiger partial charge in [0.2, 0.25) is 0 Å². The van der Waals surface area contributed by atoms with Gasteiger partial charge < -0.3 is 14.8 Å². The molecule has 0 amide bonds. The first kappa shape index (κ1) is 14.0. The van der Waals surface area contributed by atoms with E-state index in [2.05, 4.69) is 31.3 Å². The Bertz CT molecular complexity index is 319. The van der Waals surface area contributed by atoms with E-state index in [4.69, 9.17) is 9.47 Å². The lowest BCUT2D eigenvalue weighted by molar-refractivity contribution is 0.0230. The van der Waals surface area contributed by atoms with Crippen LogP contribution in [-0.4, -0.2) is 25.9 Å². The standard InChI is InChI=1S/C14H23NO2/c1-5-17-13-8-6-12(7-9-13)10-15-11-14(2,3)16-4/h6-9,15H,5,10-11H2,1-4H3. The van der Waals surface area contributed by atoms with Crippen LogP contribution in [0.4, 0.5) is 0 Å². The van der Waals surface area contributed by atoms with Gasteiger partial charge in [-0.3, -0.25) is 0 Å². The fourth-order valence-corrected chi connectivity index (χ4v) is 1.45. The maximum atomic E-state index is 5.40. The van der Waals surface area contributed by atoms with Crippen molar-refractivity contribution in [3.8, 4) is 5.75 Å². The predicted octanol–water partition coefficient (Wildman–Crippen LogP) is 2.60. The summed E-state index contributed by atoms with van der Waals surface area (Å²) in [7, 11) is 1.73. The van der Waals surface area contributed by atoms with Crippen LogP contribution in [0.25, 0.3) is 0 Å². The maximum Gasteiger partial charge on any atom is 0.119 e. The van der Waals surface area contributed by atoms with E-state index >= 15 is 0 Å². The number of benzene rings is 1. The maximum absolute atomic E-state index is 5.40. The van der Waals surface area contributed by atoms with Crippen molar-refractivity contribution in [2.75, 3.05) is 20.3 Å². The second-order valence-corrected chi connectivity index (χ2v) is 4.64. The molecule has 1 aromatic carbocycles. The third-order valence-corrected chi connectivity index (χ3v) is 2.67. The van der Waals surface area contributed by atoms with Crippen LogP contribution in [0.3, 0.4) is 0 Å². The summed E-state index contributed by atoms with van der Waals surface area (Å²) in [5.74, 6) is 0.925. The second-order valence-electron chi connectivity index (χ2n) is 4.64. The normalized spacial score (nSPS) is 11.5. The Morgan fingerprint density at radius 1 is 1.18 bits per heavy atom. The van der Waals surface area contributed by atoms with Gasteiger partial charge >= 0.3 is 0 Å². The van der Waals surface area contributed by atoms with Crippen LogP contribution in [0.2, 0.25) is 0 Å². The van der Waals surface area contributed by atoms with Crippen molar-refractivity contribution in [2.24, 2.45) is 0 Å². The quantitative estimate of drug-likeness (QED) is 0.790. The number of nitrogens with one attached hydrogen (secondary N) is 1. The van der Waals surface area contributed by atoms with E-state index < -0.39 is 0 Å². The van der Waals surface area contributed by atoms with Crippen LogP contribution >= 0.6 is 0 Å². The lowest BCUT2D eigenvalue weighted by atomic mass is 10.1. The Balaban J connectivity index is 2.37. The molecule has 0 aliphatic rings. The zero-order valence-corrected chi connectivity index (χ0v) is 11.2. The molecule has 1 rings (SSSR count). The van der Waals surface area contributed by atoms with Gasteiger partial charge in [0, 0.05) is 20.2 Å². The van der Waals surface area contributed by atoms with Crippen molar-refractivity contribution in [3.05, 3.63) is 29.8 Å². The van der Waals surface area contributed by atoms with Crippen molar-refractivity contribution in [2.45, 2.75) is 32.9 Å². The molecule has 3 heteroatoms. The lowest BCUT2D eigenvalue weighted by Crippen LogP contribution is -2.36. The summed E-state index contributed by atoms with van der Waals surface area (Å²) >= 11 is 0. The summed E-state index contributed by atoms with van der Waals surface area (Å²) in [6.45, 7) is 8.51. The highest BCUT2D eigenvalue weighted by Gasteiger charge is 2.14. The van der Waals surface area contributed by atoms with Crippen LogP contribution in [0, 0.1) is 0 Å². The van der Waals surface area contributed by atoms with Gasteiger partial charge in [0.05, 0.1) is 12.2 Å². The van der Waals surface area contributed by atoms with Gasteiger partial charge in [-0.05, 0) is 38.5 Å². The highest BCUT2D eigenvalue weighted by molar-refractivity contribution is 5.27. The van der Waals surface area contributed by atoms with Crippen LogP contribution in [-0.2, 0) is 11.3 Å². The number of hydrogen-bond donors (Lipinski definition) is 1. The number of hydrogen-bond acceptors (Lipinski definition) is 3. The molecule has 0 heterocycles. The highest BCUT2D eigenvalue weighted by atomic mass is 16.5. The van der Waals surface area contributed by atoms with Crippen LogP contribution in [0.1, 0.15) is 26.3 Å². The molecular weight excluding hydrogens is 214 g/mol. The Morgan fingerprint density at radius 3 is 2.35 bits per heavy atom. The minimum Gasteiger partial charge on any atom is -0.494 e. The van der Waals surface area contributed by atoms with Crippen molar-refractivity contribution in [1.29, 1.82) is 0 Å². The van der Waals surface area contributed by atoms with E-state index in [1.54, 1.807) is 7.11 Å². The van der Waals surface area contributed by atoms with Crippen LogP contribution < -0.4 is 10.1 Å². The molecular formula is C14H23NO2. The molecule has 0 radical (unpaired) electrons. The largest absolute Gasteiger partial charge is 0.494 e. The zero-order valence-electron chi connectivity index (χ0n) is 11.2. The van der Waals surface area contributed by atoms with Gasteiger partial charge in [0.1, 0.15) is 5.75 Å². The molecule has 0 atom stereocenters. The van der Waals surface area contributed by atoms with Crippen molar-refractivity contribution in [3.63, 3.8) is 0 Å². The van der Waals surface area contributed by atoms with E-state index in [0.29, 0.717) is 6.61 Å². The van der Waals surface area contributed by atoms with E-state index in [1.807, 2.05) is 19.1 Å². The molecule has 96 valence electrons. The van der Waals surface area contributed by atoms with Gasteiger partial charge in [0.15, 0.2) is 0 Å². The molecule has 0 fully saturated rings. The number of methoxy groups -OCH3 is 1. The summed E-state index contributed by atoms with van der Waals surface area (Å²) in [4.78, 5) is 0. The first-order chi connectivity index (χ1) is 8.07. The molecule has 0 spiro atoms. The van der Waals surface area contributed by atoms with Crippen molar-refractivity contribution < 1.29 is 9.47 Å². The minimum atomic E-state index is -0.120. The molecule has 0 aromatic heterocycles. The van der Waals surface area contributed by atoms with Gasteiger partial charge in [0.25, 0.3) is 0 Å². The van der Waals surface area contributed by atoms with Crippen LogP contribution in [0.5, 0.6) is 5.75 Å². The SMILES string of the molecule is CCOc1ccc(CNCC(C)(C)OC)cc1. The molecule has 17 heavy (non-hydrogen) atoms. The average Bonchev–Trinajstić information content (AvgIpc) is 2.32. The number of rotatable bonds is 7. The molecule has 1 N–H and O–H groups in total.